The Hall–Kier alpha value is -1.93. The van der Waals surface area contributed by atoms with Gasteiger partial charge in [0.05, 0.1) is 38.5 Å². The quantitative estimate of drug-likeness (QED) is 0.391. The third-order valence-electron chi connectivity index (χ3n) is 5.53. The minimum Gasteiger partial charge on any atom is -0.326 e. The average molecular weight is 306 g/mol. The normalized spacial score (nSPS) is 17.1. The predicted octanol–water partition coefficient (Wildman–Crippen LogP) is 3.91. The molecule has 0 aliphatic carbocycles. The molecule has 0 radical (unpaired) electrons. The molecule has 0 bridgehead atoms. The fourth-order valence-corrected chi connectivity index (χ4v) is 4.17. The van der Waals surface area contributed by atoms with Crippen LogP contribution in [0.2, 0.25) is 0 Å². The van der Waals surface area contributed by atoms with Crippen molar-refractivity contribution in [2.45, 2.75) is 25.8 Å². The summed E-state index contributed by atoms with van der Waals surface area (Å²) >= 11 is 0. The van der Waals surface area contributed by atoms with Gasteiger partial charge in [-0.1, -0.05) is 24.3 Å². The lowest BCUT2D eigenvalue weighted by atomic mass is 10.1. The summed E-state index contributed by atoms with van der Waals surface area (Å²) in [5.74, 6) is 0. The Morgan fingerprint density at radius 1 is 0.913 bits per heavy atom. The Bertz CT molecular complexity index is 831. The van der Waals surface area contributed by atoms with E-state index >= 15 is 0 Å². The van der Waals surface area contributed by atoms with Crippen LogP contribution in [0.3, 0.4) is 0 Å². The zero-order valence-electron chi connectivity index (χ0n) is 14.0. The molecule has 4 rings (SSSR count). The van der Waals surface area contributed by atoms with Gasteiger partial charge in [-0.15, -0.1) is 0 Å². The monoisotopic (exact) mass is 306 g/mol. The van der Waals surface area contributed by atoms with Crippen molar-refractivity contribution in [2.75, 3.05) is 26.7 Å². The number of aromatic nitrogens is 1. The van der Waals surface area contributed by atoms with Gasteiger partial charge in [-0.05, 0) is 22.9 Å². The maximum absolute atomic E-state index is 2.43. The zero-order valence-corrected chi connectivity index (χ0v) is 14.0. The third kappa shape index (κ3) is 2.84. The van der Waals surface area contributed by atoms with E-state index < -0.39 is 0 Å². The van der Waals surface area contributed by atoms with Gasteiger partial charge in [-0.25, -0.2) is 0 Å². The highest BCUT2D eigenvalue weighted by molar-refractivity contribution is 6.04. The van der Waals surface area contributed by atoms with Gasteiger partial charge in [0.25, 0.3) is 0 Å². The van der Waals surface area contributed by atoms with E-state index in [4.69, 9.17) is 0 Å². The molecule has 2 heteroatoms. The fourth-order valence-electron chi connectivity index (χ4n) is 4.17. The number of hydrogen-bond donors (Lipinski definition) is 0. The molecular formula is C21H26N2+2. The lowest BCUT2D eigenvalue weighted by Gasteiger charge is -2.28. The molecule has 0 saturated carbocycles. The van der Waals surface area contributed by atoms with Crippen LogP contribution in [0.5, 0.6) is 0 Å². The van der Waals surface area contributed by atoms with Gasteiger partial charge < -0.3 is 4.48 Å². The molecule has 0 unspecified atom stereocenters. The number of hydrogen-bond acceptors (Lipinski definition) is 0. The van der Waals surface area contributed by atoms with Crippen LogP contribution in [-0.2, 0) is 6.54 Å². The first-order valence-corrected chi connectivity index (χ1v) is 8.89. The standard InChI is InChI=1S/C21H26N2/c1-23(15-4-5-16-23)17-7-14-22-13-6-10-20-19-9-3-2-8-18(19)11-12-21(20)22/h2-3,6,8-13H,4-5,7,14-17H2,1H3/q+2. The van der Waals surface area contributed by atoms with Crippen molar-refractivity contribution < 1.29 is 9.05 Å². The topological polar surface area (TPSA) is 3.88 Å². The van der Waals surface area contributed by atoms with E-state index in [1.165, 1.54) is 65.1 Å². The maximum atomic E-state index is 2.43. The molecule has 23 heavy (non-hydrogen) atoms. The molecule has 1 aromatic heterocycles. The number of benzene rings is 2. The van der Waals surface area contributed by atoms with E-state index in [0.29, 0.717) is 0 Å². The zero-order chi connectivity index (χ0) is 15.7. The Morgan fingerprint density at radius 3 is 2.57 bits per heavy atom. The van der Waals surface area contributed by atoms with Crippen molar-refractivity contribution in [3.63, 3.8) is 0 Å². The Balaban J connectivity index is 1.61. The van der Waals surface area contributed by atoms with Crippen LogP contribution in [0.15, 0.2) is 54.7 Å². The van der Waals surface area contributed by atoms with Gasteiger partial charge in [0, 0.05) is 25.0 Å². The average Bonchev–Trinajstić information content (AvgIpc) is 3.01. The number of quaternary nitrogens is 1. The second-order valence-corrected chi connectivity index (χ2v) is 7.27. The number of rotatable bonds is 4. The minimum absolute atomic E-state index is 1.11. The molecule has 1 saturated heterocycles. The summed E-state index contributed by atoms with van der Waals surface area (Å²) in [5.41, 5.74) is 1.36. The van der Waals surface area contributed by atoms with E-state index in [0.717, 1.165) is 6.54 Å². The van der Waals surface area contributed by atoms with Gasteiger partial charge in [0.2, 0.25) is 5.52 Å². The van der Waals surface area contributed by atoms with E-state index in [1.54, 1.807) is 0 Å². The third-order valence-corrected chi connectivity index (χ3v) is 5.53. The molecule has 1 aliphatic heterocycles. The number of aryl methyl sites for hydroxylation is 1. The van der Waals surface area contributed by atoms with Gasteiger partial charge in [0.15, 0.2) is 12.7 Å². The number of pyridine rings is 1. The van der Waals surface area contributed by atoms with E-state index in [9.17, 15) is 0 Å². The summed E-state index contributed by atoms with van der Waals surface area (Å²) in [6.07, 6.45) is 6.31. The highest BCUT2D eigenvalue weighted by atomic mass is 15.3. The summed E-state index contributed by atoms with van der Waals surface area (Å²) in [4.78, 5) is 0. The van der Waals surface area contributed by atoms with Crippen molar-refractivity contribution in [3.8, 4) is 0 Å². The molecule has 3 aromatic rings. The van der Waals surface area contributed by atoms with Crippen LogP contribution in [0.1, 0.15) is 19.3 Å². The molecule has 1 aliphatic rings. The van der Waals surface area contributed by atoms with E-state index in [-0.39, 0.29) is 0 Å². The lowest BCUT2D eigenvalue weighted by Crippen LogP contribution is -2.44. The first kappa shape index (κ1) is 14.6. The van der Waals surface area contributed by atoms with E-state index in [1.807, 2.05) is 0 Å². The van der Waals surface area contributed by atoms with Crippen molar-refractivity contribution in [2.24, 2.45) is 0 Å². The predicted molar refractivity (Wildman–Crippen MR) is 96.3 cm³/mol. The van der Waals surface area contributed by atoms with Crippen molar-refractivity contribution >= 4 is 21.7 Å². The summed E-state index contributed by atoms with van der Waals surface area (Å²) < 4.78 is 3.71. The van der Waals surface area contributed by atoms with Gasteiger partial charge in [0.1, 0.15) is 0 Å². The van der Waals surface area contributed by atoms with Gasteiger partial charge >= 0.3 is 0 Å². The van der Waals surface area contributed by atoms with E-state index in [2.05, 4.69) is 66.3 Å². The second-order valence-electron chi connectivity index (χ2n) is 7.27. The van der Waals surface area contributed by atoms with Gasteiger partial charge in [-0.3, -0.25) is 0 Å². The van der Waals surface area contributed by atoms with Crippen molar-refractivity contribution in [1.29, 1.82) is 0 Å². The first-order valence-electron chi connectivity index (χ1n) is 8.89. The first-order chi connectivity index (χ1) is 11.3. The molecule has 1 fully saturated rings. The molecule has 2 nitrogen and oxygen atoms in total. The van der Waals surface area contributed by atoms with Crippen LogP contribution in [0.25, 0.3) is 21.7 Å². The molecule has 2 heterocycles. The van der Waals surface area contributed by atoms with Crippen molar-refractivity contribution in [3.05, 3.63) is 54.7 Å². The Morgan fingerprint density at radius 2 is 1.70 bits per heavy atom. The Labute approximate surface area is 138 Å². The van der Waals surface area contributed by atoms with Crippen LogP contribution in [-0.4, -0.2) is 31.2 Å². The molecule has 0 atom stereocenters. The minimum atomic E-state index is 1.11. The SMILES string of the molecule is C[N+]1(CCC[n+]2cccc3c4ccccc4ccc32)CCCC1. The van der Waals surface area contributed by atoms with Crippen molar-refractivity contribution in [1.82, 2.24) is 0 Å². The van der Waals surface area contributed by atoms with Crippen LogP contribution >= 0.6 is 0 Å². The number of fused-ring (bicyclic) bond motifs is 3. The van der Waals surface area contributed by atoms with Gasteiger partial charge in [-0.2, -0.15) is 4.57 Å². The summed E-state index contributed by atoms with van der Waals surface area (Å²) in [6, 6.07) is 17.7. The summed E-state index contributed by atoms with van der Waals surface area (Å²) in [6.45, 7) is 5.15. The smallest absolute Gasteiger partial charge is 0.213 e. The largest absolute Gasteiger partial charge is 0.326 e. The highest BCUT2D eigenvalue weighted by Crippen LogP contribution is 2.23. The van der Waals surface area contributed by atoms with Crippen LogP contribution in [0, 0.1) is 0 Å². The summed E-state index contributed by atoms with van der Waals surface area (Å²) in [5, 5.41) is 4.05. The molecule has 0 amide bonds. The fraction of sp³-hybridized carbons (Fsp3) is 0.381. The molecule has 0 spiro atoms. The number of likely N-dealkylation sites (tertiary alicyclic amines) is 1. The molecule has 118 valence electrons. The second kappa shape index (κ2) is 5.93. The van der Waals surface area contributed by atoms with Crippen LogP contribution < -0.4 is 4.57 Å². The van der Waals surface area contributed by atoms with Crippen LogP contribution in [0.4, 0.5) is 0 Å². The molecule has 0 N–H and O–H groups in total. The molecular weight excluding hydrogens is 280 g/mol. The lowest BCUT2D eigenvalue weighted by molar-refractivity contribution is -0.899. The highest BCUT2D eigenvalue weighted by Gasteiger charge is 2.26. The summed E-state index contributed by atoms with van der Waals surface area (Å²) in [7, 11) is 2.42. The Kier molecular flexibility index (Phi) is 3.78. The maximum Gasteiger partial charge on any atom is 0.213 e. The number of nitrogens with zero attached hydrogens (tertiary/aromatic N) is 2. The molecule has 2 aromatic carbocycles.